The van der Waals surface area contributed by atoms with Gasteiger partial charge in [0.2, 0.25) is 0 Å². The Morgan fingerprint density at radius 2 is 1.88 bits per heavy atom. The number of imidazole rings is 1. The molecule has 2 amide bonds. The minimum atomic E-state index is -0.390. The number of carbonyl (C=O) groups is 2. The van der Waals surface area contributed by atoms with Gasteiger partial charge in [0.15, 0.2) is 5.82 Å². The van der Waals surface area contributed by atoms with Gasteiger partial charge in [-0.05, 0) is 57.4 Å². The van der Waals surface area contributed by atoms with Gasteiger partial charge in [-0.15, -0.1) is 0 Å². The van der Waals surface area contributed by atoms with Crippen LogP contribution in [0.2, 0.25) is 0 Å². The highest BCUT2D eigenvalue weighted by Crippen LogP contribution is 2.23. The molecule has 0 atom stereocenters. The Morgan fingerprint density at radius 1 is 1.19 bits per heavy atom. The van der Waals surface area contributed by atoms with Crippen molar-refractivity contribution in [2.75, 3.05) is 18.4 Å². The standard InChI is InChI=1S/C19H23FN4O2/c1-3-23(4-2)19(26)16-15-7-5-6-12-24(15)17(22-16)18(25)21-14-10-8-13(20)9-11-14/h8-11H,3-7,12H2,1-2H3,(H,21,25). The van der Waals surface area contributed by atoms with Crippen LogP contribution < -0.4 is 5.32 Å². The average molecular weight is 358 g/mol. The van der Waals surface area contributed by atoms with Crippen molar-refractivity contribution in [1.29, 1.82) is 0 Å². The lowest BCUT2D eigenvalue weighted by Gasteiger charge is -2.20. The molecule has 1 N–H and O–H groups in total. The number of nitrogens with one attached hydrogen (secondary N) is 1. The van der Waals surface area contributed by atoms with Crippen molar-refractivity contribution in [3.8, 4) is 0 Å². The first-order valence-corrected chi connectivity index (χ1v) is 9.00. The maximum atomic E-state index is 13.0. The summed E-state index contributed by atoms with van der Waals surface area (Å²) in [6.07, 6.45) is 2.65. The Hall–Kier alpha value is -2.70. The van der Waals surface area contributed by atoms with Crippen molar-refractivity contribution in [1.82, 2.24) is 14.5 Å². The summed E-state index contributed by atoms with van der Waals surface area (Å²) in [6, 6.07) is 5.56. The van der Waals surface area contributed by atoms with Crippen molar-refractivity contribution in [3.05, 3.63) is 47.3 Å². The molecule has 0 fully saturated rings. The van der Waals surface area contributed by atoms with Gasteiger partial charge < -0.3 is 14.8 Å². The topological polar surface area (TPSA) is 67.2 Å². The molecule has 1 aromatic heterocycles. The monoisotopic (exact) mass is 358 g/mol. The van der Waals surface area contributed by atoms with Gasteiger partial charge in [0.1, 0.15) is 11.5 Å². The van der Waals surface area contributed by atoms with Crippen LogP contribution in [0.15, 0.2) is 24.3 Å². The molecule has 0 bridgehead atoms. The maximum Gasteiger partial charge on any atom is 0.291 e. The van der Waals surface area contributed by atoms with Gasteiger partial charge in [0.05, 0.1) is 5.69 Å². The zero-order chi connectivity index (χ0) is 18.7. The highest BCUT2D eigenvalue weighted by atomic mass is 19.1. The molecule has 2 heterocycles. The quantitative estimate of drug-likeness (QED) is 0.893. The van der Waals surface area contributed by atoms with Crippen LogP contribution in [0.1, 0.15) is 53.5 Å². The number of carbonyl (C=O) groups excluding carboxylic acids is 2. The van der Waals surface area contributed by atoms with E-state index in [1.54, 1.807) is 4.90 Å². The Morgan fingerprint density at radius 3 is 2.54 bits per heavy atom. The predicted octanol–water partition coefficient (Wildman–Crippen LogP) is 3.09. The molecular weight excluding hydrogens is 335 g/mol. The van der Waals surface area contributed by atoms with E-state index in [0.717, 1.165) is 25.0 Å². The summed E-state index contributed by atoms with van der Waals surface area (Å²) in [5, 5.41) is 2.73. The number of halogens is 1. The molecule has 2 aromatic rings. The van der Waals surface area contributed by atoms with E-state index in [9.17, 15) is 14.0 Å². The van der Waals surface area contributed by atoms with Gasteiger partial charge in [0.25, 0.3) is 11.8 Å². The van der Waals surface area contributed by atoms with E-state index in [-0.39, 0.29) is 17.5 Å². The fourth-order valence-electron chi connectivity index (χ4n) is 3.27. The van der Waals surface area contributed by atoms with E-state index in [1.165, 1.54) is 24.3 Å². The highest BCUT2D eigenvalue weighted by molar-refractivity contribution is 6.03. The summed E-state index contributed by atoms with van der Waals surface area (Å²) >= 11 is 0. The van der Waals surface area contributed by atoms with Crippen LogP contribution >= 0.6 is 0 Å². The number of benzene rings is 1. The van der Waals surface area contributed by atoms with Crippen molar-refractivity contribution in [2.24, 2.45) is 0 Å². The van der Waals surface area contributed by atoms with Crippen LogP contribution in [0.3, 0.4) is 0 Å². The number of hydrogen-bond donors (Lipinski definition) is 1. The number of rotatable bonds is 5. The fourth-order valence-corrected chi connectivity index (χ4v) is 3.27. The molecule has 0 aliphatic carbocycles. The molecular formula is C19H23FN4O2. The number of nitrogens with zero attached hydrogens (tertiary/aromatic N) is 3. The molecule has 0 saturated heterocycles. The van der Waals surface area contributed by atoms with E-state index in [0.29, 0.717) is 31.0 Å². The van der Waals surface area contributed by atoms with Crippen LogP contribution in [0, 0.1) is 5.82 Å². The van der Waals surface area contributed by atoms with Crippen molar-refractivity contribution in [2.45, 2.75) is 39.7 Å². The molecule has 1 aliphatic heterocycles. The second-order valence-electron chi connectivity index (χ2n) is 6.28. The molecule has 0 radical (unpaired) electrons. The fraction of sp³-hybridized carbons (Fsp3) is 0.421. The normalized spacial score (nSPS) is 13.2. The third-order valence-corrected chi connectivity index (χ3v) is 4.68. The first-order valence-electron chi connectivity index (χ1n) is 9.00. The Bertz CT molecular complexity index is 810. The number of aromatic nitrogens is 2. The number of amides is 2. The third-order valence-electron chi connectivity index (χ3n) is 4.68. The second-order valence-corrected chi connectivity index (χ2v) is 6.28. The van der Waals surface area contributed by atoms with Gasteiger partial charge >= 0.3 is 0 Å². The minimum Gasteiger partial charge on any atom is -0.338 e. The van der Waals surface area contributed by atoms with Gasteiger partial charge in [-0.2, -0.15) is 0 Å². The first-order chi connectivity index (χ1) is 12.5. The van der Waals surface area contributed by atoms with Crippen LogP contribution in [-0.4, -0.2) is 39.4 Å². The smallest absolute Gasteiger partial charge is 0.291 e. The van der Waals surface area contributed by atoms with Gasteiger partial charge in [-0.25, -0.2) is 9.37 Å². The lowest BCUT2D eigenvalue weighted by atomic mass is 10.1. The largest absolute Gasteiger partial charge is 0.338 e. The molecule has 1 aromatic carbocycles. The summed E-state index contributed by atoms with van der Waals surface area (Å²) in [5.74, 6) is -0.660. The molecule has 0 saturated carbocycles. The van der Waals surface area contributed by atoms with Gasteiger partial charge in [-0.3, -0.25) is 9.59 Å². The second kappa shape index (κ2) is 7.68. The van der Waals surface area contributed by atoms with Crippen molar-refractivity contribution < 1.29 is 14.0 Å². The molecule has 6 nitrogen and oxygen atoms in total. The van der Waals surface area contributed by atoms with Crippen molar-refractivity contribution >= 4 is 17.5 Å². The number of hydrogen-bond acceptors (Lipinski definition) is 3. The van der Waals surface area contributed by atoms with E-state index < -0.39 is 5.91 Å². The molecule has 138 valence electrons. The summed E-state index contributed by atoms with van der Waals surface area (Å²) in [5.41, 5.74) is 1.69. The zero-order valence-corrected chi connectivity index (χ0v) is 15.1. The number of anilines is 1. The number of fused-ring (bicyclic) bond motifs is 1. The molecule has 0 spiro atoms. The van der Waals surface area contributed by atoms with Gasteiger partial charge in [-0.1, -0.05) is 0 Å². The van der Waals surface area contributed by atoms with Crippen LogP contribution in [-0.2, 0) is 13.0 Å². The average Bonchev–Trinajstić information content (AvgIpc) is 3.04. The molecule has 1 aliphatic rings. The maximum absolute atomic E-state index is 13.0. The lowest BCUT2D eigenvalue weighted by Crippen LogP contribution is -2.31. The van der Waals surface area contributed by atoms with Crippen LogP contribution in [0.25, 0.3) is 0 Å². The summed E-state index contributed by atoms with van der Waals surface area (Å²) in [6.45, 7) is 5.70. The SMILES string of the molecule is CCN(CC)C(=O)c1nc(C(=O)Nc2ccc(F)cc2)n2c1CCCC2. The predicted molar refractivity (Wildman–Crippen MR) is 96.8 cm³/mol. The van der Waals surface area contributed by atoms with E-state index in [4.69, 9.17) is 0 Å². The molecule has 26 heavy (non-hydrogen) atoms. The Labute approximate surface area is 152 Å². The van der Waals surface area contributed by atoms with Crippen LogP contribution in [0.4, 0.5) is 10.1 Å². The highest BCUT2D eigenvalue weighted by Gasteiger charge is 2.29. The summed E-state index contributed by atoms with van der Waals surface area (Å²) < 4.78 is 14.9. The van der Waals surface area contributed by atoms with Gasteiger partial charge in [0, 0.05) is 25.3 Å². The van der Waals surface area contributed by atoms with Crippen LogP contribution in [0.5, 0.6) is 0 Å². The molecule has 3 rings (SSSR count). The summed E-state index contributed by atoms with van der Waals surface area (Å²) in [4.78, 5) is 31.6. The Kier molecular flexibility index (Phi) is 5.35. The zero-order valence-electron chi connectivity index (χ0n) is 15.1. The third kappa shape index (κ3) is 3.47. The minimum absolute atomic E-state index is 0.138. The molecule has 7 heteroatoms. The summed E-state index contributed by atoms with van der Waals surface area (Å²) in [7, 11) is 0. The lowest BCUT2D eigenvalue weighted by molar-refractivity contribution is 0.0766. The first kappa shape index (κ1) is 18.1. The van der Waals surface area contributed by atoms with E-state index >= 15 is 0 Å². The van der Waals surface area contributed by atoms with E-state index in [1.807, 2.05) is 18.4 Å². The Balaban J connectivity index is 1.93. The molecule has 0 unspecified atom stereocenters. The van der Waals surface area contributed by atoms with Crippen molar-refractivity contribution in [3.63, 3.8) is 0 Å². The van der Waals surface area contributed by atoms with E-state index in [2.05, 4.69) is 10.3 Å².